The second kappa shape index (κ2) is 18.2. The first-order valence-corrected chi connectivity index (χ1v) is 14.5. The van der Waals surface area contributed by atoms with Gasteiger partial charge >= 0.3 is 12.1 Å². The lowest BCUT2D eigenvalue weighted by molar-refractivity contribution is -0.133. The van der Waals surface area contributed by atoms with Crippen molar-refractivity contribution in [1.29, 1.82) is 0 Å². The number of carbonyl (C=O) groups excluding carboxylic acids is 4. The van der Waals surface area contributed by atoms with E-state index in [2.05, 4.69) is 21.3 Å². The molecule has 3 atom stereocenters. The minimum Gasteiger partial charge on any atom is -0.478 e. The molecular weight excluding hydrogens is 590 g/mol. The molecule has 0 heterocycles. The van der Waals surface area contributed by atoms with Crippen molar-refractivity contribution in [3.8, 4) is 0 Å². The number of halogens is 3. The molecule has 43 heavy (non-hydrogen) atoms. The van der Waals surface area contributed by atoms with Gasteiger partial charge in [-0.3, -0.25) is 14.4 Å². The van der Waals surface area contributed by atoms with Crippen LogP contribution in [0.3, 0.4) is 0 Å². The minimum absolute atomic E-state index is 0.0120. The molecule has 0 saturated heterocycles. The van der Waals surface area contributed by atoms with E-state index in [1.165, 1.54) is 18.2 Å². The maximum Gasteiger partial charge on any atom is 0.407 e. The van der Waals surface area contributed by atoms with E-state index in [1.54, 1.807) is 27.7 Å². The van der Waals surface area contributed by atoms with Crippen molar-refractivity contribution >= 4 is 41.4 Å². The quantitative estimate of drug-likeness (QED) is 0.175. The average Bonchev–Trinajstić information content (AvgIpc) is 2.89. The van der Waals surface area contributed by atoms with Crippen LogP contribution >= 0.6 is 11.6 Å². The fourth-order valence-electron chi connectivity index (χ4n) is 3.92. The molecule has 242 valence electrons. The number of carboxylic acid groups (broad SMARTS) is 1. The summed E-state index contributed by atoms with van der Waals surface area (Å²) in [6.07, 6.45) is -4.37. The zero-order valence-electron chi connectivity index (χ0n) is 25.3. The SMILES string of the molecule is CC(C)COC(=O)NC(C(=O)N[C@@H](CC(C)C)C(=O)NC(CC(F)F)C(=O)NCCc1ccc(C(=O)O)cc1Cl)C(C)C. The van der Waals surface area contributed by atoms with E-state index in [4.69, 9.17) is 21.4 Å². The van der Waals surface area contributed by atoms with Crippen LogP contribution in [0.5, 0.6) is 0 Å². The highest BCUT2D eigenvalue weighted by molar-refractivity contribution is 6.31. The molecule has 0 bridgehead atoms. The third kappa shape index (κ3) is 14.0. The fraction of sp³-hybridized carbons (Fsp3) is 0.621. The first kappa shape index (κ1) is 37.5. The van der Waals surface area contributed by atoms with Gasteiger partial charge in [0, 0.05) is 18.0 Å². The van der Waals surface area contributed by atoms with Crippen molar-refractivity contribution in [2.75, 3.05) is 13.2 Å². The summed E-state index contributed by atoms with van der Waals surface area (Å²) in [6, 6.07) is 0.272. The van der Waals surface area contributed by atoms with E-state index in [1.807, 2.05) is 13.8 Å². The summed E-state index contributed by atoms with van der Waals surface area (Å²) in [5, 5.41) is 19.1. The third-order valence-corrected chi connectivity index (χ3v) is 6.50. The highest BCUT2D eigenvalue weighted by Gasteiger charge is 2.32. The Morgan fingerprint density at radius 2 is 1.47 bits per heavy atom. The summed E-state index contributed by atoms with van der Waals surface area (Å²) >= 11 is 6.11. The van der Waals surface area contributed by atoms with Gasteiger partial charge in [-0.2, -0.15) is 0 Å². The minimum atomic E-state index is -2.92. The van der Waals surface area contributed by atoms with Gasteiger partial charge in [0.2, 0.25) is 24.1 Å². The summed E-state index contributed by atoms with van der Waals surface area (Å²) in [5.74, 6) is -3.91. The molecule has 0 aliphatic heterocycles. The number of rotatable bonds is 17. The molecule has 1 aromatic rings. The maximum absolute atomic E-state index is 13.4. The van der Waals surface area contributed by atoms with E-state index in [0.717, 1.165) is 0 Å². The Morgan fingerprint density at radius 3 is 1.98 bits per heavy atom. The second-order valence-electron chi connectivity index (χ2n) is 11.4. The van der Waals surface area contributed by atoms with E-state index in [9.17, 15) is 32.8 Å². The molecule has 1 rings (SSSR count). The zero-order chi connectivity index (χ0) is 32.9. The van der Waals surface area contributed by atoms with Gasteiger partial charge in [-0.1, -0.05) is 59.2 Å². The maximum atomic E-state index is 13.4. The molecule has 0 spiro atoms. The molecule has 2 unspecified atom stereocenters. The predicted molar refractivity (Wildman–Crippen MR) is 157 cm³/mol. The lowest BCUT2D eigenvalue weighted by atomic mass is 9.99. The number of benzene rings is 1. The van der Waals surface area contributed by atoms with Crippen LogP contribution in [0, 0.1) is 17.8 Å². The Balaban J connectivity index is 2.95. The first-order valence-electron chi connectivity index (χ1n) is 14.1. The Labute approximate surface area is 255 Å². The molecule has 4 amide bonds. The highest BCUT2D eigenvalue weighted by Crippen LogP contribution is 2.18. The lowest BCUT2D eigenvalue weighted by Crippen LogP contribution is -2.58. The van der Waals surface area contributed by atoms with Gasteiger partial charge in [0.25, 0.3) is 0 Å². The number of alkyl halides is 2. The van der Waals surface area contributed by atoms with E-state index < -0.39 is 60.8 Å². The summed E-state index contributed by atoms with van der Waals surface area (Å²) in [6.45, 7) is 10.8. The molecule has 14 heteroatoms. The molecule has 0 aliphatic carbocycles. The van der Waals surface area contributed by atoms with E-state index >= 15 is 0 Å². The fourth-order valence-corrected chi connectivity index (χ4v) is 4.19. The molecule has 0 aromatic heterocycles. The topological polar surface area (TPSA) is 163 Å². The molecule has 0 radical (unpaired) electrons. The normalized spacial score (nSPS) is 13.4. The van der Waals surface area contributed by atoms with Gasteiger partial charge in [0.05, 0.1) is 12.2 Å². The molecule has 0 aliphatic rings. The summed E-state index contributed by atoms with van der Waals surface area (Å²) in [7, 11) is 0. The molecule has 11 nitrogen and oxygen atoms in total. The van der Waals surface area contributed by atoms with Gasteiger partial charge in [-0.25, -0.2) is 18.4 Å². The first-order chi connectivity index (χ1) is 20.0. The standard InChI is InChI=1S/C29H43ClF2N4O7/c1-15(2)11-21(35-27(39)24(17(5)6)36-29(42)43-14-16(3)4)26(38)34-22(13-23(31)32)25(37)33-10-9-18-7-8-19(28(40)41)12-20(18)30/h7-8,12,15-17,21-24H,9-11,13-14H2,1-6H3,(H,33,37)(H,34,38)(H,35,39)(H,36,42)(H,40,41)/t21-,22?,24?/m0/s1. The van der Waals surface area contributed by atoms with Gasteiger partial charge in [0.1, 0.15) is 18.1 Å². The van der Waals surface area contributed by atoms with Crippen LogP contribution in [0.15, 0.2) is 18.2 Å². The molecular formula is C29H43ClF2N4O7. The summed E-state index contributed by atoms with van der Waals surface area (Å²) in [5.41, 5.74) is 0.518. The molecule has 0 saturated carbocycles. The van der Waals surface area contributed by atoms with E-state index in [0.29, 0.717) is 5.56 Å². The van der Waals surface area contributed by atoms with Crippen LogP contribution in [0.2, 0.25) is 5.02 Å². The zero-order valence-corrected chi connectivity index (χ0v) is 26.1. The number of hydrogen-bond acceptors (Lipinski definition) is 6. The van der Waals surface area contributed by atoms with Crippen molar-refractivity contribution in [2.24, 2.45) is 17.8 Å². The molecule has 1 aromatic carbocycles. The largest absolute Gasteiger partial charge is 0.478 e. The van der Waals surface area contributed by atoms with E-state index in [-0.39, 0.29) is 54.3 Å². The lowest BCUT2D eigenvalue weighted by Gasteiger charge is -2.27. The summed E-state index contributed by atoms with van der Waals surface area (Å²) in [4.78, 5) is 62.4. The number of nitrogens with one attached hydrogen (secondary N) is 4. The van der Waals surface area contributed by atoms with Crippen molar-refractivity contribution in [1.82, 2.24) is 21.3 Å². The van der Waals surface area contributed by atoms with Crippen LogP contribution < -0.4 is 21.3 Å². The third-order valence-electron chi connectivity index (χ3n) is 6.15. The number of amides is 4. The Morgan fingerprint density at radius 1 is 0.860 bits per heavy atom. The number of carboxylic acids is 1. The smallest absolute Gasteiger partial charge is 0.407 e. The second-order valence-corrected chi connectivity index (χ2v) is 11.8. The van der Waals surface area contributed by atoms with Crippen LogP contribution in [0.1, 0.15) is 70.3 Å². The van der Waals surface area contributed by atoms with Crippen molar-refractivity contribution in [3.05, 3.63) is 34.3 Å². The number of hydrogen-bond donors (Lipinski definition) is 5. The number of alkyl carbamates (subject to hydrolysis) is 1. The van der Waals surface area contributed by atoms with Crippen molar-refractivity contribution in [2.45, 2.75) is 85.4 Å². The predicted octanol–water partition coefficient (Wildman–Crippen LogP) is 3.77. The monoisotopic (exact) mass is 632 g/mol. The number of carbonyl (C=O) groups is 5. The Hall–Kier alpha value is -3.48. The van der Waals surface area contributed by atoms with Crippen molar-refractivity contribution < 1.29 is 42.6 Å². The van der Waals surface area contributed by atoms with Crippen LogP contribution in [0.25, 0.3) is 0 Å². The summed E-state index contributed by atoms with van der Waals surface area (Å²) < 4.78 is 31.8. The van der Waals surface area contributed by atoms with Gasteiger partial charge in [-0.05, 0) is 48.3 Å². The Kier molecular flexibility index (Phi) is 15.9. The number of aromatic carboxylic acids is 1. The number of ether oxygens (including phenoxy) is 1. The molecule has 5 N–H and O–H groups in total. The van der Waals surface area contributed by atoms with Crippen LogP contribution in [-0.4, -0.2) is 72.6 Å². The average molecular weight is 633 g/mol. The van der Waals surface area contributed by atoms with Crippen molar-refractivity contribution in [3.63, 3.8) is 0 Å². The van der Waals surface area contributed by atoms with Gasteiger partial charge < -0.3 is 31.1 Å². The van der Waals surface area contributed by atoms with Crippen LogP contribution in [-0.2, 0) is 25.5 Å². The molecule has 0 fully saturated rings. The van der Waals surface area contributed by atoms with Gasteiger partial charge in [-0.15, -0.1) is 0 Å². The van der Waals surface area contributed by atoms with Gasteiger partial charge in [0.15, 0.2) is 0 Å². The highest BCUT2D eigenvalue weighted by atomic mass is 35.5. The Bertz CT molecular complexity index is 1120. The van der Waals surface area contributed by atoms with Crippen LogP contribution in [0.4, 0.5) is 13.6 Å².